The van der Waals surface area contributed by atoms with Crippen LogP contribution in [0.1, 0.15) is 68.9 Å². The van der Waals surface area contributed by atoms with Gasteiger partial charge in [-0.2, -0.15) is 0 Å². The maximum Gasteiger partial charge on any atom is 0.254 e. The molecule has 0 aliphatic heterocycles. The first kappa shape index (κ1) is 30.1. The molecule has 1 aliphatic rings. The van der Waals surface area contributed by atoms with Crippen molar-refractivity contribution in [1.29, 1.82) is 0 Å². The van der Waals surface area contributed by atoms with Gasteiger partial charge in [-0.05, 0) is 78.3 Å². The molecule has 0 radical (unpaired) electrons. The van der Waals surface area contributed by atoms with E-state index in [2.05, 4.69) is 12.2 Å². The molecule has 0 aromatic heterocycles. The van der Waals surface area contributed by atoms with Crippen molar-refractivity contribution in [2.45, 2.75) is 64.3 Å². The van der Waals surface area contributed by atoms with Gasteiger partial charge in [0.15, 0.2) is 0 Å². The van der Waals surface area contributed by atoms with Gasteiger partial charge in [-0.15, -0.1) is 11.8 Å². The highest BCUT2D eigenvalue weighted by Crippen LogP contribution is 2.51. The second kappa shape index (κ2) is 14.6. The quantitative estimate of drug-likeness (QED) is 0.306. The molecule has 0 saturated heterocycles. The van der Waals surface area contributed by atoms with Crippen LogP contribution in [0.4, 0.5) is 10.1 Å². The normalized spacial score (nSPS) is 12.7. The van der Waals surface area contributed by atoms with Crippen molar-refractivity contribution in [3.63, 3.8) is 0 Å². The monoisotopic (exact) mass is 522 g/mol. The van der Waals surface area contributed by atoms with E-state index in [1.807, 2.05) is 76.2 Å². The van der Waals surface area contributed by atoms with Crippen LogP contribution in [0.25, 0.3) is 0 Å². The lowest BCUT2D eigenvalue weighted by Gasteiger charge is -2.29. The molecular formula is C31H39FN2O2S. The predicted molar refractivity (Wildman–Crippen MR) is 154 cm³/mol. The van der Waals surface area contributed by atoms with Crippen molar-refractivity contribution in [1.82, 2.24) is 4.90 Å². The average Bonchev–Trinajstić information content (AvgIpc) is 3.74. The summed E-state index contributed by atoms with van der Waals surface area (Å²) in [5, 5.41) is 2.95. The van der Waals surface area contributed by atoms with E-state index < -0.39 is 0 Å². The number of carbonyl (C=O) groups excluding carboxylic acids is 2. The zero-order valence-corrected chi connectivity index (χ0v) is 23.6. The van der Waals surface area contributed by atoms with E-state index in [9.17, 15) is 14.0 Å². The van der Waals surface area contributed by atoms with Gasteiger partial charge in [-0.3, -0.25) is 9.59 Å². The summed E-state index contributed by atoms with van der Waals surface area (Å²) in [6.07, 6.45) is 2.06. The average molecular weight is 523 g/mol. The molecule has 3 aromatic carbocycles. The molecule has 0 bridgehead atoms. The number of carbonyl (C=O) groups is 2. The topological polar surface area (TPSA) is 49.4 Å². The molecule has 0 spiro atoms. The predicted octanol–water partition coefficient (Wildman–Crippen LogP) is 7.93. The Morgan fingerprint density at radius 3 is 1.97 bits per heavy atom. The zero-order valence-electron chi connectivity index (χ0n) is 22.8. The first-order valence-electron chi connectivity index (χ1n) is 13.1. The van der Waals surface area contributed by atoms with Crippen LogP contribution in [0.15, 0.2) is 77.7 Å². The highest BCUT2D eigenvalue weighted by molar-refractivity contribution is 7.99. The van der Waals surface area contributed by atoms with E-state index in [4.69, 9.17) is 0 Å². The number of thioether (sulfide) groups is 1. The van der Waals surface area contributed by atoms with Crippen molar-refractivity contribution in [2.24, 2.45) is 0 Å². The van der Waals surface area contributed by atoms with E-state index in [-0.39, 0.29) is 23.2 Å². The van der Waals surface area contributed by atoms with E-state index in [0.29, 0.717) is 12.0 Å². The first-order chi connectivity index (χ1) is 17.9. The number of nitrogens with zero attached hydrogens (tertiary/aromatic N) is 1. The van der Waals surface area contributed by atoms with Crippen molar-refractivity contribution in [3.8, 4) is 0 Å². The third-order valence-corrected chi connectivity index (χ3v) is 6.96. The van der Waals surface area contributed by atoms with Gasteiger partial charge in [0.05, 0.1) is 12.0 Å². The van der Waals surface area contributed by atoms with Gasteiger partial charge < -0.3 is 10.2 Å². The van der Waals surface area contributed by atoms with E-state index >= 15 is 0 Å². The summed E-state index contributed by atoms with van der Waals surface area (Å²) in [7, 11) is 1.79. The standard InChI is InChI=1S/C27H27FN2O2S.2C2H6/c1-3-33-24-14-4-19(5-15-24)18-25(31)29-23-12-8-21(9-13-23)27(16-17-27)30(2)26(32)20-6-10-22(28)11-7-20;2*1-2/h4-15H,3,16-18H2,1-2H3,(H,29,31);2*1-2H3. The second-order valence-corrected chi connectivity index (χ2v) is 9.62. The Hall–Kier alpha value is -3.12. The fraction of sp³-hybridized carbons (Fsp3) is 0.355. The molecular weight excluding hydrogens is 483 g/mol. The lowest BCUT2D eigenvalue weighted by molar-refractivity contribution is -0.115. The van der Waals surface area contributed by atoms with Gasteiger partial charge in [-0.1, -0.05) is 58.9 Å². The van der Waals surface area contributed by atoms with Crippen molar-refractivity contribution in [3.05, 3.63) is 95.3 Å². The highest BCUT2D eigenvalue weighted by Gasteiger charge is 2.50. The minimum atomic E-state index is -0.361. The molecule has 1 N–H and O–H groups in total. The van der Waals surface area contributed by atoms with Crippen LogP contribution >= 0.6 is 11.8 Å². The number of benzene rings is 3. The fourth-order valence-electron chi connectivity index (χ4n) is 4.04. The first-order valence-corrected chi connectivity index (χ1v) is 14.1. The van der Waals surface area contributed by atoms with Crippen molar-refractivity contribution >= 4 is 29.3 Å². The molecule has 1 saturated carbocycles. The van der Waals surface area contributed by atoms with E-state index in [1.165, 1.54) is 29.2 Å². The largest absolute Gasteiger partial charge is 0.332 e. The Kier molecular flexibility index (Phi) is 11.9. The third-order valence-electron chi connectivity index (χ3n) is 6.07. The number of halogens is 1. The van der Waals surface area contributed by atoms with Crippen LogP contribution in [-0.2, 0) is 16.8 Å². The number of rotatable bonds is 8. The van der Waals surface area contributed by atoms with Crippen LogP contribution in [-0.4, -0.2) is 29.5 Å². The van der Waals surface area contributed by atoms with Gasteiger partial charge in [0.25, 0.3) is 5.91 Å². The molecule has 6 heteroatoms. The minimum Gasteiger partial charge on any atom is -0.332 e. The number of hydrogen-bond acceptors (Lipinski definition) is 3. The number of amides is 2. The van der Waals surface area contributed by atoms with Gasteiger partial charge in [0.2, 0.25) is 5.91 Å². The number of anilines is 1. The summed E-state index contributed by atoms with van der Waals surface area (Å²) in [6.45, 7) is 10.1. The zero-order chi connectivity index (χ0) is 27.4. The number of hydrogen-bond donors (Lipinski definition) is 1. The van der Waals surface area contributed by atoms with Crippen LogP contribution in [0.3, 0.4) is 0 Å². The van der Waals surface area contributed by atoms with E-state index in [0.717, 1.165) is 35.4 Å². The lowest BCUT2D eigenvalue weighted by Crippen LogP contribution is -2.37. The summed E-state index contributed by atoms with van der Waals surface area (Å²) in [4.78, 5) is 28.3. The lowest BCUT2D eigenvalue weighted by atomic mass is 10.0. The molecule has 1 aliphatic carbocycles. The molecule has 0 atom stereocenters. The second-order valence-electron chi connectivity index (χ2n) is 8.28. The molecule has 0 unspecified atom stereocenters. The molecule has 3 aromatic rings. The summed E-state index contributed by atoms with van der Waals surface area (Å²) in [5.74, 6) is 0.463. The molecule has 198 valence electrons. The molecule has 37 heavy (non-hydrogen) atoms. The maximum atomic E-state index is 13.2. The highest BCUT2D eigenvalue weighted by atomic mass is 32.2. The van der Waals surface area contributed by atoms with Crippen LogP contribution in [0, 0.1) is 5.82 Å². The Balaban J connectivity index is 0.00000115. The Bertz CT molecular complexity index is 1130. The number of nitrogens with one attached hydrogen (secondary N) is 1. The van der Waals surface area contributed by atoms with Crippen molar-refractivity contribution in [2.75, 3.05) is 18.1 Å². The van der Waals surface area contributed by atoms with Gasteiger partial charge in [0.1, 0.15) is 5.82 Å². The smallest absolute Gasteiger partial charge is 0.254 e. The minimum absolute atomic E-state index is 0.0663. The molecule has 2 amide bonds. The van der Waals surface area contributed by atoms with Crippen LogP contribution in [0.5, 0.6) is 0 Å². The Morgan fingerprint density at radius 1 is 0.892 bits per heavy atom. The summed E-state index contributed by atoms with van der Waals surface area (Å²) in [6, 6.07) is 21.4. The molecule has 4 rings (SSSR count). The Labute approximate surface area is 225 Å². The van der Waals surface area contributed by atoms with Gasteiger partial charge in [0, 0.05) is 23.2 Å². The van der Waals surface area contributed by atoms with Crippen LogP contribution in [0.2, 0.25) is 0 Å². The molecule has 0 heterocycles. The third kappa shape index (κ3) is 7.93. The summed E-state index contributed by atoms with van der Waals surface area (Å²) in [5.41, 5.74) is 2.84. The van der Waals surface area contributed by atoms with Crippen LogP contribution < -0.4 is 5.32 Å². The molecule has 4 nitrogen and oxygen atoms in total. The van der Waals surface area contributed by atoms with E-state index in [1.54, 1.807) is 23.7 Å². The summed E-state index contributed by atoms with van der Waals surface area (Å²) >= 11 is 1.78. The Morgan fingerprint density at radius 2 is 1.46 bits per heavy atom. The van der Waals surface area contributed by atoms with Crippen molar-refractivity contribution < 1.29 is 14.0 Å². The molecule has 1 fully saturated rings. The maximum absolute atomic E-state index is 13.2. The van der Waals surface area contributed by atoms with Gasteiger partial charge in [-0.25, -0.2) is 4.39 Å². The SMILES string of the molecule is CC.CC.CCSc1ccc(CC(=O)Nc2ccc(C3(N(C)C(=O)c4ccc(F)cc4)CC3)cc2)cc1. The summed E-state index contributed by atoms with van der Waals surface area (Å²) < 4.78 is 13.2. The fourth-order valence-corrected chi connectivity index (χ4v) is 4.70. The van der Waals surface area contributed by atoms with Gasteiger partial charge >= 0.3 is 0 Å².